The normalized spacial score (nSPS) is 27.6. The summed E-state index contributed by atoms with van der Waals surface area (Å²) in [7, 11) is 2.44. The molecule has 27 heavy (non-hydrogen) atoms. The Morgan fingerprint density at radius 1 is 1.07 bits per heavy atom. The molecule has 0 aromatic heterocycles. The van der Waals surface area contributed by atoms with Crippen LogP contribution in [0.15, 0.2) is 24.3 Å². The molecule has 2 aliphatic heterocycles. The molecule has 2 saturated heterocycles. The molecular weight excluding hydrogens is 338 g/mol. The van der Waals surface area contributed by atoms with Gasteiger partial charge in [0, 0.05) is 5.92 Å². The van der Waals surface area contributed by atoms with Crippen LogP contribution in [0.25, 0.3) is 0 Å². The van der Waals surface area contributed by atoms with Gasteiger partial charge in [0.25, 0.3) is 0 Å². The van der Waals surface area contributed by atoms with Gasteiger partial charge in [0.2, 0.25) is 0 Å². The average molecular weight is 375 g/mol. The third-order valence-corrected chi connectivity index (χ3v) is 6.59. The van der Waals surface area contributed by atoms with E-state index in [-0.39, 0.29) is 5.97 Å². The van der Waals surface area contributed by atoms with Crippen LogP contribution >= 0.6 is 0 Å². The lowest BCUT2D eigenvalue weighted by atomic mass is 9.80. The Morgan fingerprint density at radius 3 is 2.63 bits per heavy atom. The highest BCUT2D eigenvalue weighted by Crippen LogP contribution is 2.37. The number of ether oxygens (including phenoxy) is 2. The maximum absolute atomic E-state index is 12.3. The minimum atomic E-state index is -0.216. The Bertz CT molecular complexity index is 596. The number of hydrogen-bond acceptors (Lipinski definition) is 3. The van der Waals surface area contributed by atoms with Gasteiger partial charge in [-0.25, -0.2) is 4.79 Å². The highest BCUT2D eigenvalue weighted by Gasteiger charge is 2.43. The standard InChI is InChI=1S/C23H36NO3/c1-3-4-17-26-21-12-10-20(11-13-21)23(25)27-18-14-19-8-7-16-24(2)15-6-5-9-22(19)24/h10-13,19,22H,3-9,14-18H2,1-2H3/q+1/t19-,22-,24?/m1/s1. The molecule has 150 valence electrons. The van der Waals surface area contributed by atoms with Crippen molar-refractivity contribution in [3.8, 4) is 5.75 Å². The van der Waals surface area contributed by atoms with Crippen molar-refractivity contribution < 1.29 is 18.8 Å². The van der Waals surface area contributed by atoms with Crippen LogP contribution in [0, 0.1) is 5.92 Å². The summed E-state index contributed by atoms with van der Waals surface area (Å²) >= 11 is 0. The minimum Gasteiger partial charge on any atom is -0.494 e. The monoisotopic (exact) mass is 374 g/mol. The molecule has 0 aliphatic carbocycles. The molecule has 2 heterocycles. The molecule has 1 aromatic rings. The van der Waals surface area contributed by atoms with Crippen LogP contribution in [0.4, 0.5) is 0 Å². The first-order valence-corrected chi connectivity index (χ1v) is 10.9. The first kappa shape index (κ1) is 20.2. The van der Waals surface area contributed by atoms with E-state index in [1.54, 1.807) is 12.1 Å². The number of benzene rings is 1. The Kier molecular flexibility index (Phi) is 7.17. The van der Waals surface area contributed by atoms with E-state index in [0.717, 1.165) is 37.7 Å². The summed E-state index contributed by atoms with van der Waals surface area (Å²) in [6.07, 6.45) is 9.84. The number of piperidine rings is 2. The summed E-state index contributed by atoms with van der Waals surface area (Å²) in [5, 5.41) is 0. The number of unbranched alkanes of at least 4 members (excludes halogenated alkanes) is 1. The van der Waals surface area contributed by atoms with Crippen molar-refractivity contribution in [2.24, 2.45) is 5.92 Å². The zero-order valence-electron chi connectivity index (χ0n) is 17.1. The molecule has 1 unspecified atom stereocenters. The van der Waals surface area contributed by atoms with E-state index in [9.17, 15) is 4.79 Å². The van der Waals surface area contributed by atoms with Gasteiger partial charge in [-0.05, 0) is 69.2 Å². The number of rotatable bonds is 8. The molecule has 0 amide bonds. The Labute approximate surface area is 164 Å². The van der Waals surface area contributed by atoms with Crippen LogP contribution in [0.1, 0.15) is 68.6 Å². The second-order valence-corrected chi connectivity index (χ2v) is 8.54. The average Bonchev–Trinajstić information content (AvgIpc) is 2.68. The van der Waals surface area contributed by atoms with Crippen LogP contribution in [0.3, 0.4) is 0 Å². The fourth-order valence-corrected chi connectivity index (χ4v) is 4.98. The fraction of sp³-hybridized carbons (Fsp3) is 0.696. The summed E-state index contributed by atoms with van der Waals surface area (Å²) in [5.41, 5.74) is 0.611. The molecule has 3 rings (SSSR count). The molecule has 4 nitrogen and oxygen atoms in total. The SMILES string of the molecule is CCCCOc1ccc(C(=O)OCC[C@H]2CCC[N+]3(C)CCCC[C@H]23)cc1. The van der Waals surface area contributed by atoms with Crippen LogP contribution in [0.5, 0.6) is 5.75 Å². The fourth-order valence-electron chi connectivity index (χ4n) is 4.98. The van der Waals surface area contributed by atoms with Crippen molar-refractivity contribution in [3.05, 3.63) is 29.8 Å². The smallest absolute Gasteiger partial charge is 0.338 e. The van der Waals surface area contributed by atoms with Gasteiger partial charge < -0.3 is 14.0 Å². The third-order valence-electron chi connectivity index (χ3n) is 6.59. The predicted octanol–water partition coefficient (Wildman–Crippen LogP) is 4.82. The Balaban J connectivity index is 1.45. The molecule has 3 atom stereocenters. The van der Waals surface area contributed by atoms with Gasteiger partial charge in [0.1, 0.15) is 5.75 Å². The molecule has 0 radical (unpaired) electrons. The molecule has 0 spiro atoms. The van der Waals surface area contributed by atoms with E-state index in [2.05, 4.69) is 14.0 Å². The zero-order chi connectivity index (χ0) is 19.1. The van der Waals surface area contributed by atoms with E-state index >= 15 is 0 Å². The number of nitrogens with zero attached hydrogens (tertiary/aromatic N) is 1. The van der Waals surface area contributed by atoms with Crippen molar-refractivity contribution in [2.75, 3.05) is 33.4 Å². The summed E-state index contributed by atoms with van der Waals surface area (Å²) in [6, 6.07) is 8.10. The molecule has 1 aromatic carbocycles. The highest BCUT2D eigenvalue weighted by atomic mass is 16.5. The van der Waals surface area contributed by atoms with Crippen molar-refractivity contribution in [2.45, 2.75) is 64.3 Å². The molecule has 0 bridgehead atoms. The number of carbonyl (C=O) groups excluding carboxylic acids is 1. The Hall–Kier alpha value is -1.55. The van der Waals surface area contributed by atoms with E-state index in [1.165, 1.54) is 49.7 Å². The maximum atomic E-state index is 12.3. The van der Waals surface area contributed by atoms with Gasteiger partial charge in [-0.15, -0.1) is 0 Å². The van der Waals surface area contributed by atoms with Crippen molar-refractivity contribution in [1.29, 1.82) is 0 Å². The van der Waals surface area contributed by atoms with E-state index in [0.29, 0.717) is 18.1 Å². The first-order valence-electron chi connectivity index (χ1n) is 10.9. The summed E-state index contributed by atoms with van der Waals surface area (Å²) < 4.78 is 12.5. The van der Waals surface area contributed by atoms with Gasteiger partial charge in [-0.2, -0.15) is 0 Å². The number of carbonyl (C=O) groups is 1. The van der Waals surface area contributed by atoms with Gasteiger partial charge in [-0.1, -0.05) is 13.3 Å². The lowest BCUT2D eigenvalue weighted by Gasteiger charge is -2.51. The van der Waals surface area contributed by atoms with Gasteiger partial charge in [0.05, 0.1) is 45.0 Å². The lowest BCUT2D eigenvalue weighted by molar-refractivity contribution is -0.947. The van der Waals surface area contributed by atoms with Crippen molar-refractivity contribution in [1.82, 2.24) is 0 Å². The van der Waals surface area contributed by atoms with E-state index in [1.807, 2.05) is 12.1 Å². The molecule has 0 saturated carbocycles. The molecule has 2 aliphatic rings. The number of quaternary nitrogens is 1. The van der Waals surface area contributed by atoms with E-state index in [4.69, 9.17) is 9.47 Å². The summed E-state index contributed by atoms with van der Waals surface area (Å²) in [5.74, 6) is 1.30. The van der Waals surface area contributed by atoms with Crippen molar-refractivity contribution >= 4 is 5.97 Å². The second kappa shape index (κ2) is 9.59. The lowest BCUT2D eigenvalue weighted by Crippen LogP contribution is -2.60. The van der Waals surface area contributed by atoms with Crippen molar-refractivity contribution in [3.63, 3.8) is 0 Å². The number of esters is 1. The molecule has 0 N–H and O–H groups in total. The minimum absolute atomic E-state index is 0.216. The van der Waals surface area contributed by atoms with Gasteiger partial charge in [-0.3, -0.25) is 0 Å². The van der Waals surface area contributed by atoms with E-state index < -0.39 is 0 Å². The predicted molar refractivity (Wildman–Crippen MR) is 108 cm³/mol. The van der Waals surface area contributed by atoms with Gasteiger partial charge >= 0.3 is 5.97 Å². The summed E-state index contributed by atoms with van der Waals surface area (Å²) in [4.78, 5) is 12.3. The van der Waals surface area contributed by atoms with Crippen LogP contribution in [-0.2, 0) is 4.74 Å². The topological polar surface area (TPSA) is 35.5 Å². The summed E-state index contributed by atoms with van der Waals surface area (Å²) in [6.45, 7) is 6.06. The quantitative estimate of drug-likeness (QED) is 0.372. The zero-order valence-corrected chi connectivity index (χ0v) is 17.1. The molecular formula is C23H36NO3+. The molecule has 2 fully saturated rings. The molecule has 4 heteroatoms. The van der Waals surface area contributed by atoms with Crippen LogP contribution in [-0.4, -0.2) is 49.8 Å². The van der Waals surface area contributed by atoms with Crippen LogP contribution in [0.2, 0.25) is 0 Å². The number of fused-ring (bicyclic) bond motifs is 1. The first-order chi connectivity index (χ1) is 13.1. The number of hydrogen-bond donors (Lipinski definition) is 0. The van der Waals surface area contributed by atoms with Gasteiger partial charge in [0.15, 0.2) is 0 Å². The largest absolute Gasteiger partial charge is 0.494 e. The second-order valence-electron chi connectivity index (χ2n) is 8.54. The highest BCUT2D eigenvalue weighted by molar-refractivity contribution is 5.89. The van der Waals surface area contributed by atoms with Crippen LogP contribution < -0.4 is 4.74 Å². The Morgan fingerprint density at radius 2 is 1.85 bits per heavy atom. The third kappa shape index (κ3) is 5.25. The maximum Gasteiger partial charge on any atom is 0.338 e.